The number of anilines is 1. The maximum Gasteiger partial charge on any atom is 0.259 e. The van der Waals surface area contributed by atoms with Gasteiger partial charge >= 0.3 is 0 Å². The second kappa shape index (κ2) is 7.98. The zero-order chi connectivity index (χ0) is 16.9. The minimum Gasteiger partial charge on any atom is -0.296 e. The van der Waals surface area contributed by atoms with Gasteiger partial charge in [0.25, 0.3) is 5.91 Å². The van der Waals surface area contributed by atoms with E-state index in [1.54, 1.807) is 36.0 Å². The molecule has 1 aromatic heterocycles. The number of carbonyl (C=O) groups is 1. The van der Waals surface area contributed by atoms with Crippen molar-refractivity contribution < 1.29 is 4.79 Å². The van der Waals surface area contributed by atoms with Gasteiger partial charge in [0, 0.05) is 9.92 Å². The Morgan fingerprint density at radius 1 is 1.08 bits per heavy atom. The number of thioether (sulfide) groups is 1. The smallest absolute Gasteiger partial charge is 0.259 e. The first kappa shape index (κ1) is 17.2. The number of nitrogens with one attached hydrogen (secondary N) is 1. The second-order valence-electron chi connectivity index (χ2n) is 4.68. The molecule has 0 saturated carbocycles. The van der Waals surface area contributed by atoms with Crippen molar-refractivity contribution in [2.24, 2.45) is 0 Å². The molecule has 1 N–H and O–H groups in total. The van der Waals surface area contributed by atoms with Crippen LogP contribution in [0.4, 0.5) is 5.13 Å². The van der Waals surface area contributed by atoms with Crippen LogP contribution in [0.2, 0.25) is 10.0 Å². The number of halogens is 2. The Bertz CT molecular complexity index is 853. The molecule has 1 heterocycles. The van der Waals surface area contributed by atoms with Crippen molar-refractivity contribution in [2.45, 2.75) is 10.6 Å². The predicted octanol–water partition coefficient (Wildman–Crippen LogP) is 5.39. The Labute approximate surface area is 157 Å². The summed E-state index contributed by atoms with van der Waals surface area (Å²) in [4.78, 5) is 13.3. The van der Waals surface area contributed by atoms with Crippen LogP contribution in [0.5, 0.6) is 0 Å². The van der Waals surface area contributed by atoms with E-state index >= 15 is 0 Å². The molecule has 0 aliphatic heterocycles. The van der Waals surface area contributed by atoms with E-state index in [4.69, 9.17) is 23.2 Å². The fraction of sp³-hybridized carbons (Fsp3) is 0.0625. The van der Waals surface area contributed by atoms with Gasteiger partial charge in [-0.3, -0.25) is 10.1 Å². The zero-order valence-corrected chi connectivity index (χ0v) is 15.3. The summed E-state index contributed by atoms with van der Waals surface area (Å²) in [5.74, 6) is 0.370. The van der Waals surface area contributed by atoms with Gasteiger partial charge in [0.15, 0.2) is 0 Å². The van der Waals surface area contributed by atoms with Gasteiger partial charge in [-0.25, -0.2) is 0 Å². The highest BCUT2D eigenvalue weighted by atomic mass is 35.5. The molecule has 4 nitrogen and oxygen atoms in total. The lowest BCUT2D eigenvalue weighted by Gasteiger charge is -2.02. The Morgan fingerprint density at radius 2 is 1.83 bits per heavy atom. The summed E-state index contributed by atoms with van der Waals surface area (Å²) in [6.45, 7) is 0. The van der Waals surface area contributed by atoms with Crippen LogP contribution in [0.25, 0.3) is 0 Å². The number of aromatic nitrogens is 2. The molecule has 0 aliphatic carbocycles. The Morgan fingerprint density at radius 3 is 2.58 bits per heavy atom. The Kier molecular flexibility index (Phi) is 5.73. The third-order valence-corrected chi connectivity index (χ3v) is 5.61. The molecular formula is C16H11Cl2N3OS2. The normalized spacial score (nSPS) is 10.6. The SMILES string of the molecule is O=C(Nc1nnc(CSc2ccc(Cl)cc2)s1)c1ccccc1Cl. The Hall–Kier alpha value is -1.60. The van der Waals surface area contributed by atoms with Crippen molar-refractivity contribution in [1.29, 1.82) is 0 Å². The van der Waals surface area contributed by atoms with Crippen molar-refractivity contribution in [3.8, 4) is 0 Å². The van der Waals surface area contributed by atoms with Gasteiger partial charge in [0.05, 0.1) is 16.3 Å². The first-order valence-electron chi connectivity index (χ1n) is 6.88. The van der Waals surface area contributed by atoms with Crippen LogP contribution in [-0.2, 0) is 5.75 Å². The third-order valence-electron chi connectivity index (χ3n) is 2.98. The van der Waals surface area contributed by atoms with E-state index < -0.39 is 0 Å². The minimum atomic E-state index is -0.298. The lowest BCUT2D eigenvalue weighted by atomic mass is 10.2. The summed E-state index contributed by atoms with van der Waals surface area (Å²) in [5.41, 5.74) is 0.409. The lowest BCUT2D eigenvalue weighted by Crippen LogP contribution is -2.12. The van der Waals surface area contributed by atoms with Gasteiger partial charge in [-0.15, -0.1) is 22.0 Å². The maximum absolute atomic E-state index is 12.2. The number of amides is 1. The molecule has 3 aromatic rings. The number of nitrogens with zero attached hydrogens (tertiary/aromatic N) is 2. The van der Waals surface area contributed by atoms with Crippen LogP contribution in [0.3, 0.4) is 0 Å². The standard InChI is InChI=1S/C16H11Cl2N3OS2/c17-10-5-7-11(8-6-10)23-9-14-20-21-16(24-14)19-15(22)12-3-1-2-4-13(12)18/h1-8H,9H2,(H,19,21,22). The first-order valence-corrected chi connectivity index (χ1v) is 9.44. The molecule has 0 unspecified atom stereocenters. The molecule has 0 radical (unpaired) electrons. The third kappa shape index (κ3) is 4.48. The molecule has 0 spiro atoms. The van der Waals surface area contributed by atoms with Gasteiger partial charge in [0.1, 0.15) is 5.01 Å². The maximum atomic E-state index is 12.2. The van der Waals surface area contributed by atoms with Crippen molar-refractivity contribution in [3.63, 3.8) is 0 Å². The molecule has 2 aromatic carbocycles. The number of hydrogen-bond acceptors (Lipinski definition) is 5. The zero-order valence-electron chi connectivity index (χ0n) is 12.2. The molecule has 0 atom stereocenters. The molecule has 122 valence electrons. The molecule has 0 fully saturated rings. The summed E-state index contributed by atoms with van der Waals surface area (Å²) in [6, 6.07) is 14.5. The van der Waals surface area contributed by atoms with E-state index in [1.807, 2.05) is 24.3 Å². The molecule has 3 rings (SSSR count). The van der Waals surface area contributed by atoms with Crippen molar-refractivity contribution in [3.05, 3.63) is 69.1 Å². The molecular weight excluding hydrogens is 385 g/mol. The molecule has 24 heavy (non-hydrogen) atoms. The number of carbonyl (C=O) groups excluding carboxylic acids is 1. The molecule has 8 heteroatoms. The van der Waals surface area contributed by atoms with Gasteiger partial charge in [-0.2, -0.15) is 0 Å². The molecule has 0 saturated heterocycles. The van der Waals surface area contributed by atoms with Crippen LogP contribution in [0.1, 0.15) is 15.4 Å². The van der Waals surface area contributed by atoms with Crippen molar-refractivity contribution in [1.82, 2.24) is 10.2 Å². The first-order chi connectivity index (χ1) is 11.6. The van der Waals surface area contributed by atoms with E-state index in [1.165, 1.54) is 11.3 Å². The number of benzene rings is 2. The van der Waals surface area contributed by atoms with E-state index in [0.717, 1.165) is 9.90 Å². The van der Waals surface area contributed by atoms with Gasteiger partial charge in [-0.1, -0.05) is 46.7 Å². The number of hydrogen-bond donors (Lipinski definition) is 1. The minimum absolute atomic E-state index is 0.298. The van der Waals surface area contributed by atoms with Crippen LogP contribution in [0, 0.1) is 0 Å². The lowest BCUT2D eigenvalue weighted by molar-refractivity contribution is 0.102. The van der Waals surface area contributed by atoms with Crippen LogP contribution in [0.15, 0.2) is 53.4 Å². The van der Waals surface area contributed by atoms with Gasteiger partial charge in [-0.05, 0) is 36.4 Å². The molecule has 0 bridgehead atoms. The molecule has 1 amide bonds. The highest BCUT2D eigenvalue weighted by molar-refractivity contribution is 7.98. The monoisotopic (exact) mass is 395 g/mol. The fourth-order valence-electron chi connectivity index (χ4n) is 1.85. The average molecular weight is 396 g/mol. The number of rotatable bonds is 5. The fourth-order valence-corrected chi connectivity index (χ4v) is 3.81. The quantitative estimate of drug-likeness (QED) is 0.588. The van der Waals surface area contributed by atoms with Crippen LogP contribution < -0.4 is 5.32 Å². The van der Waals surface area contributed by atoms with Crippen molar-refractivity contribution in [2.75, 3.05) is 5.32 Å². The van der Waals surface area contributed by atoms with E-state index in [9.17, 15) is 4.79 Å². The summed E-state index contributed by atoms with van der Waals surface area (Å²) in [5, 5.41) is 13.2. The van der Waals surface area contributed by atoms with E-state index in [0.29, 0.717) is 26.5 Å². The largest absolute Gasteiger partial charge is 0.296 e. The van der Waals surface area contributed by atoms with Gasteiger partial charge < -0.3 is 0 Å². The average Bonchev–Trinajstić information content (AvgIpc) is 3.02. The summed E-state index contributed by atoms with van der Waals surface area (Å²) in [6.07, 6.45) is 0. The second-order valence-corrected chi connectivity index (χ2v) is 7.63. The summed E-state index contributed by atoms with van der Waals surface area (Å²) >= 11 is 14.8. The van der Waals surface area contributed by atoms with Crippen LogP contribution in [-0.4, -0.2) is 16.1 Å². The van der Waals surface area contributed by atoms with E-state index in [2.05, 4.69) is 15.5 Å². The summed E-state index contributed by atoms with van der Waals surface area (Å²) < 4.78 is 0. The van der Waals surface area contributed by atoms with E-state index in [-0.39, 0.29) is 5.91 Å². The van der Waals surface area contributed by atoms with Crippen molar-refractivity contribution >= 4 is 57.3 Å². The topological polar surface area (TPSA) is 54.9 Å². The highest BCUT2D eigenvalue weighted by Crippen LogP contribution is 2.27. The Balaban J connectivity index is 1.60. The molecule has 0 aliphatic rings. The van der Waals surface area contributed by atoms with Gasteiger partial charge in [0.2, 0.25) is 5.13 Å². The summed E-state index contributed by atoms with van der Waals surface area (Å²) in [7, 11) is 0. The predicted molar refractivity (Wildman–Crippen MR) is 100 cm³/mol. The van der Waals surface area contributed by atoms with Crippen LogP contribution >= 0.6 is 46.3 Å². The highest BCUT2D eigenvalue weighted by Gasteiger charge is 2.13.